The predicted octanol–water partition coefficient (Wildman–Crippen LogP) is 3.82. The Hall–Kier alpha value is -2.20. The van der Waals surface area contributed by atoms with Gasteiger partial charge in [0.2, 0.25) is 0 Å². The molecule has 2 rings (SSSR count). The Morgan fingerprint density at radius 3 is 2.52 bits per heavy atom. The van der Waals surface area contributed by atoms with Crippen molar-refractivity contribution >= 4 is 17.5 Å². The number of hydrogen-bond donors (Lipinski definition) is 1. The minimum atomic E-state index is -0.550. The molecule has 0 saturated carbocycles. The van der Waals surface area contributed by atoms with E-state index < -0.39 is 6.10 Å². The fourth-order valence-corrected chi connectivity index (χ4v) is 2.27. The van der Waals surface area contributed by atoms with E-state index in [9.17, 15) is 4.79 Å². The van der Waals surface area contributed by atoms with E-state index in [4.69, 9.17) is 21.1 Å². The Kier molecular flexibility index (Phi) is 6.29. The molecule has 1 amide bonds. The summed E-state index contributed by atoms with van der Waals surface area (Å²) in [6, 6.07) is 14.5. The highest BCUT2D eigenvalue weighted by Crippen LogP contribution is 2.19. The molecule has 0 aliphatic rings. The Labute approximate surface area is 141 Å². The van der Waals surface area contributed by atoms with Gasteiger partial charge < -0.3 is 14.8 Å². The van der Waals surface area contributed by atoms with Gasteiger partial charge in [-0.2, -0.15) is 0 Å². The number of rotatable bonds is 7. The summed E-state index contributed by atoms with van der Waals surface area (Å²) >= 11 is 5.84. The predicted molar refractivity (Wildman–Crippen MR) is 91.0 cm³/mol. The fraction of sp³-hybridized carbons (Fsp3) is 0.278. The zero-order chi connectivity index (χ0) is 16.7. The number of nitrogens with one attached hydrogen (secondary N) is 1. The summed E-state index contributed by atoms with van der Waals surface area (Å²) in [5, 5.41) is 3.52. The largest absolute Gasteiger partial charge is 0.496 e. The van der Waals surface area contributed by atoms with Crippen molar-refractivity contribution in [2.45, 2.75) is 26.0 Å². The zero-order valence-corrected chi connectivity index (χ0v) is 14.0. The van der Waals surface area contributed by atoms with Crippen LogP contribution in [0.1, 0.15) is 18.9 Å². The Morgan fingerprint density at radius 2 is 1.87 bits per heavy atom. The number of methoxy groups -OCH3 is 1. The van der Waals surface area contributed by atoms with E-state index in [0.29, 0.717) is 23.7 Å². The number of benzene rings is 2. The first-order valence-electron chi connectivity index (χ1n) is 7.46. The average Bonchev–Trinajstić information content (AvgIpc) is 2.59. The third-order valence-electron chi connectivity index (χ3n) is 3.40. The fourth-order valence-electron chi connectivity index (χ4n) is 2.14. The van der Waals surface area contributed by atoms with E-state index in [2.05, 4.69) is 5.32 Å². The van der Waals surface area contributed by atoms with Crippen molar-refractivity contribution in [2.24, 2.45) is 0 Å². The first kappa shape index (κ1) is 17.2. The average molecular weight is 334 g/mol. The molecule has 0 fully saturated rings. The number of para-hydroxylation sites is 1. The van der Waals surface area contributed by atoms with Crippen LogP contribution in [0.5, 0.6) is 11.5 Å². The molecule has 1 atom stereocenters. The smallest absolute Gasteiger partial charge is 0.261 e. The first-order chi connectivity index (χ1) is 11.1. The number of halogens is 1. The van der Waals surface area contributed by atoms with Gasteiger partial charge in [-0.1, -0.05) is 36.7 Å². The Bertz CT molecular complexity index is 643. The summed E-state index contributed by atoms with van der Waals surface area (Å²) in [6.45, 7) is 2.30. The van der Waals surface area contributed by atoms with Crippen LogP contribution in [-0.4, -0.2) is 19.1 Å². The van der Waals surface area contributed by atoms with Crippen LogP contribution in [-0.2, 0) is 11.3 Å². The van der Waals surface area contributed by atoms with Crippen molar-refractivity contribution in [3.8, 4) is 11.5 Å². The molecule has 0 saturated heterocycles. The van der Waals surface area contributed by atoms with Crippen LogP contribution < -0.4 is 14.8 Å². The lowest BCUT2D eigenvalue weighted by Crippen LogP contribution is -2.37. The molecule has 0 aliphatic heterocycles. The number of ether oxygens (including phenoxy) is 2. The Balaban J connectivity index is 1.96. The van der Waals surface area contributed by atoms with Gasteiger partial charge in [-0.05, 0) is 36.8 Å². The molecule has 0 radical (unpaired) electrons. The summed E-state index contributed by atoms with van der Waals surface area (Å²) in [4.78, 5) is 12.3. The van der Waals surface area contributed by atoms with Crippen LogP contribution in [0, 0.1) is 0 Å². The molecule has 5 heteroatoms. The summed E-state index contributed by atoms with van der Waals surface area (Å²) in [6.07, 6.45) is 0.0197. The lowest BCUT2D eigenvalue weighted by molar-refractivity contribution is -0.128. The van der Waals surface area contributed by atoms with E-state index in [0.717, 1.165) is 11.3 Å². The lowest BCUT2D eigenvalue weighted by atomic mass is 10.2. The highest BCUT2D eigenvalue weighted by atomic mass is 35.5. The molecular formula is C18H20ClNO3. The standard InChI is InChI=1S/C18H20ClNO3/c1-3-16(23-15-10-8-14(19)9-11-15)18(21)20-12-13-6-4-5-7-17(13)22-2/h4-11,16H,3,12H2,1-2H3,(H,20,21)/t16-/m1/s1. The maximum atomic E-state index is 12.3. The van der Waals surface area contributed by atoms with Crippen LogP contribution in [0.25, 0.3) is 0 Å². The second-order valence-electron chi connectivity index (χ2n) is 5.00. The molecule has 0 heterocycles. The number of hydrogen-bond acceptors (Lipinski definition) is 3. The second-order valence-corrected chi connectivity index (χ2v) is 5.43. The van der Waals surface area contributed by atoms with Crippen LogP contribution in [0.2, 0.25) is 5.02 Å². The molecule has 0 aromatic heterocycles. The molecule has 23 heavy (non-hydrogen) atoms. The SMILES string of the molecule is CC[C@@H](Oc1ccc(Cl)cc1)C(=O)NCc1ccccc1OC. The van der Waals surface area contributed by atoms with Gasteiger partial charge in [0.15, 0.2) is 6.10 Å². The van der Waals surface area contributed by atoms with Crippen molar-refractivity contribution in [3.05, 3.63) is 59.1 Å². The zero-order valence-electron chi connectivity index (χ0n) is 13.2. The third kappa shape index (κ3) is 4.89. The van der Waals surface area contributed by atoms with Crippen molar-refractivity contribution in [1.29, 1.82) is 0 Å². The maximum Gasteiger partial charge on any atom is 0.261 e. The topological polar surface area (TPSA) is 47.6 Å². The van der Waals surface area contributed by atoms with Crippen molar-refractivity contribution in [2.75, 3.05) is 7.11 Å². The van der Waals surface area contributed by atoms with Crippen LogP contribution in [0.4, 0.5) is 0 Å². The van der Waals surface area contributed by atoms with Gasteiger partial charge in [-0.3, -0.25) is 4.79 Å². The van der Waals surface area contributed by atoms with E-state index in [-0.39, 0.29) is 5.91 Å². The van der Waals surface area contributed by atoms with E-state index in [1.54, 1.807) is 31.4 Å². The monoisotopic (exact) mass is 333 g/mol. The van der Waals surface area contributed by atoms with E-state index in [1.807, 2.05) is 31.2 Å². The molecule has 2 aromatic carbocycles. The first-order valence-corrected chi connectivity index (χ1v) is 7.83. The van der Waals surface area contributed by atoms with Gasteiger partial charge >= 0.3 is 0 Å². The van der Waals surface area contributed by atoms with Gasteiger partial charge in [0.25, 0.3) is 5.91 Å². The molecule has 1 N–H and O–H groups in total. The van der Waals surface area contributed by atoms with Crippen molar-refractivity contribution < 1.29 is 14.3 Å². The molecule has 4 nitrogen and oxygen atoms in total. The van der Waals surface area contributed by atoms with Crippen LogP contribution >= 0.6 is 11.6 Å². The number of carbonyl (C=O) groups is 1. The summed E-state index contributed by atoms with van der Waals surface area (Å²) < 4.78 is 11.0. The highest BCUT2D eigenvalue weighted by molar-refractivity contribution is 6.30. The summed E-state index contributed by atoms with van der Waals surface area (Å²) in [5.74, 6) is 1.21. The second kappa shape index (κ2) is 8.44. The molecular weight excluding hydrogens is 314 g/mol. The molecule has 2 aromatic rings. The quantitative estimate of drug-likeness (QED) is 0.837. The highest BCUT2D eigenvalue weighted by Gasteiger charge is 2.18. The number of carbonyl (C=O) groups excluding carboxylic acids is 1. The van der Waals surface area contributed by atoms with Crippen molar-refractivity contribution in [3.63, 3.8) is 0 Å². The molecule has 122 valence electrons. The molecule has 0 aliphatic carbocycles. The lowest BCUT2D eigenvalue weighted by Gasteiger charge is -2.18. The van der Waals surface area contributed by atoms with Gasteiger partial charge in [0, 0.05) is 17.1 Å². The summed E-state index contributed by atoms with van der Waals surface area (Å²) in [7, 11) is 1.61. The summed E-state index contributed by atoms with van der Waals surface area (Å²) in [5.41, 5.74) is 0.921. The van der Waals surface area contributed by atoms with Gasteiger partial charge in [-0.25, -0.2) is 0 Å². The van der Waals surface area contributed by atoms with Gasteiger partial charge in [-0.15, -0.1) is 0 Å². The maximum absolute atomic E-state index is 12.3. The van der Waals surface area contributed by atoms with E-state index in [1.165, 1.54) is 0 Å². The molecule has 0 bridgehead atoms. The normalized spacial score (nSPS) is 11.6. The minimum absolute atomic E-state index is 0.159. The van der Waals surface area contributed by atoms with Crippen molar-refractivity contribution in [1.82, 2.24) is 5.32 Å². The minimum Gasteiger partial charge on any atom is -0.496 e. The van der Waals surface area contributed by atoms with Crippen LogP contribution in [0.15, 0.2) is 48.5 Å². The third-order valence-corrected chi connectivity index (χ3v) is 3.65. The molecule has 0 unspecified atom stereocenters. The molecule has 0 spiro atoms. The van der Waals surface area contributed by atoms with E-state index >= 15 is 0 Å². The number of amides is 1. The Morgan fingerprint density at radius 1 is 1.17 bits per heavy atom. The van der Waals surface area contributed by atoms with Gasteiger partial charge in [0.1, 0.15) is 11.5 Å². The van der Waals surface area contributed by atoms with Gasteiger partial charge in [0.05, 0.1) is 7.11 Å². The van der Waals surface area contributed by atoms with Crippen LogP contribution in [0.3, 0.4) is 0 Å².